The van der Waals surface area contributed by atoms with E-state index in [1.165, 1.54) is 0 Å². The average molecular weight is 430 g/mol. The Morgan fingerprint density at radius 3 is 2.30 bits per heavy atom. The molecule has 0 radical (unpaired) electrons. The first-order valence-electron chi connectivity index (χ1n) is 9.54. The minimum absolute atomic E-state index is 0.0836. The molecule has 3 atom stereocenters. The van der Waals surface area contributed by atoms with Crippen molar-refractivity contribution in [1.29, 1.82) is 0 Å². The quantitative estimate of drug-likeness (QED) is 0.255. The molecule has 0 unspecified atom stereocenters. The van der Waals surface area contributed by atoms with Crippen LogP contribution in [0.25, 0.3) is 0 Å². The van der Waals surface area contributed by atoms with Crippen molar-refractivity contribution in [2.45, 2.75) is 37.2 Å². The van der Waals surface area contributed by atoms with Gasteiger partial charge in [0.15, 0.2) is 0 Å². The van der Waals surface area contributed by atoms with E-state index in [2.05, 4.69) is 6.92 Å². The third-order valence-corrected chi connectivity index (χ3v) is 6.76. The van der Waals surface area contributed by atoms with Gasteiger partial charge in [-0.15, -0.1) is 11.8 Å². The van der Waals surface area contributed by atoms with E-state index in [0.717, 1.165) is 35.3 Å². The first kappa shape index (κ1) is 21.8. The smallest absolute Gasteiger partial charge is 0.339 e. The van der Waals surface area contributed by atoms with E-state index in [1.54, 1.807) is 11.8 Å². The SMILES string of the molecule is C[C@@H]1CC[C@@](C)(OC(=O)c2cc([N+](=O)[O-])cc([N+](=O)[O-])c2)[C@@H]1CSc1ccccc1. The van der Waals surface area contributed by atoms with Gasteiger partial charge in [-0.25, -0.2) is 4.79 Å². The Kier molecular flexibility index (Phi) is 6.40. The number of nitro groups is 2. The highest BCUT2D eigenvalue weighted by Crippen LogP contribution is 2.45. The molecule has 1 fully saturated rings. The Hall–Kier alpha value is -2.94. The van der Waals surface area contributed by atoms with Gasteiger partial charge in [0.2, 0.25) is 0 Å². The summed E-state index contributed by atoms with van der Waals surface area (Å²) in [6, 6.07) is 12.8. The molecule has 1 aliphatic rings. The van der Waals surface area contributed by atoms with Crippen LogP contribution in [-0.4, -0.2) is 27.2 Å². The van der Waals surface area contributed by atoms with Crippen LogP contribution in [0.3, 0.4) is 0 Å². The van der Waals surface area contributed by atoms with Crippen LogP contribution in [-0.2, 0) is 4.74 Å². The highest BCUT2D eigenvalue weighted by Gasteiger charge is 2.46. The van der Waals surface area contributed by atoms with Crippen LogP contribution >= 0.6 is 11.8 Å². The lowest BCUT2D eigenvalue weighted by Crippen LogP contribution is -2.38. The summed E-state index contributed by atoms with van der Waals surface area (Å²) in [5, 5.41) is 22.2. The first-order chi connectivity index (χ1) is 14.2. The summed E-state index contributed by atoms with van der Waals surface area (Å²) in [7, 11) is 0. The fourth-order valence-electron chi connectivity index (χ4n) is 3.87. The maximum Gasteiger partial charge on any atom is 0.339 e. The van der Waals surface area contributed by atoms with Crippen LogP contribution in [0.1, 0.15) is 37.0 Å². The van der Waals surface area contributed by atoms with Crippen molar-refractivity contribution in [1.82, 2.24) is 0 Å². The second-order valence-electron chi connectivity index (χ2n) is 7.70. The molecule has 0 bridgehead atoms. The fourth-order valence-corrected chi connectivity index (χ4v) is 5.27. The molecule has 0 N–H and O–H groups in total. The number of carbonyl (C=O) groups excluding carboxylic acids is 1. The maximum absolute atomic E-state index is 12.8. The lowest BCUT2D eigenvalue weighted by Gasteiger charge is -2.33. The lowest BCUT2D eigenvalue weighted by atomic mass is 9.89. The van der Waals surface area contributed by atoms with Gasteiger partial charge >= 0.3 is 5.97 Å². The highest BCUT2D eigenvalue weighted by molar-refractivity contribution is 7.99. The molecule has 0 heterocycles. The maximum atomic E-state index is 12.8. The van der Waals surface area contributed by atoms with Crippen LogP contribution in [0.15, 0.2) is 53.4 Å². The van der Waals surface area contributed by atoms with E-state index in [0.29, 0.717) is 12.3 Å². The van der Waals surface area contributed by atoms with Gasteiger partial charge in [-0.3, -0.25) is 20.2 Å². The highest BCUT2D eigenvalue weighted by atomic mass is 32.2. The van der Waals surface area contributed by atoms with Crippen molar-refractivity contribution in [3.8, 4) is 0 Å². The van der Waals surface area contributed by atoms with Crippen molar-refractivity contribution in [2.75, 3.05) is 5.75 Å². The molecule has 0 aromatic heterocycles. The number of rotatable bonds is 7. The molecule has 0 aliphatic heterocycles. The zero-order valence-electron chi connectivity index (χ0n) is 16.6. The van der Waals surface area contributed by atoms with Crippen molar-refractivity contribution < 1.29 is 19.4 Å². The largest absolute Gasteiger partial charge is 0.455 e. The molecule has 0 amide bonds. The Labute approximate surface area is 177 Å². The second-order valence-corrected chi connectivity index (χ2v) is 8.79. The zero-order valence-corrected chi connectivity index (χ0v) is 17.5. The number of esters is 1. The summed E-state index contributed by atoms with van der Waals surface area (Å²) in [6.07, 6.45) is 1.55. The number of non-ortho nitro benzene ring substituents is 2. The van der Waals surface area contributed by atoms with Gasteiger partial charge in [0.05, 0.1) is 21.5 Å². The van der Waals surface area contributed by atoms with E-state index in [9.17, 15) is 25.0 Å². The van der Waals surface area contributed by atoms with Gasteiger partial charge in [-0.2, -0.15) is 0 Å². The molecule has 1 aliphatic carbocycles. The molecule has 0 spiro atoms. The monoisotopic (exact) mass is 430 g/mol. The topological polar surface area (TPSA) is 113 Å². The Morgan fingerprint density at radius 2 is 1.73 bits per heavy atom. The number of carbonyl (C=O) groups is 1. The second kappa shape index (κ2) is 8.83. The summed E-state index contributed by atoms with van der Waals surface area (Å²) >= 11 is 1.69. The van der Waals surface area contributed by atoms with Crippen molar-refractivity contribution in [2.24, 2.45) is 11.8 Å². The Bertz CT molecular complexity index is 935. The molecule has 2 aromatic carbocycles. The van der Waals surface area contributed by atoms with Crippen molar-refractivity contribution in [3.05, 3.63) is 74.3 Å². The Morgan fingerprint density at radius 1 is 1.13 bits per heavy atom. The normalized spacial score (nSPS) is 23.1. The third-order valence-electron chi connectivity index (χ3n) is 5.63. The molecule has 9 heteroatoms. The number of thioether (sulfide) groups is 1. The molecule has 8 nitrogen and oxygen atoms in total. The van der Waals surface area contributed by atoms with E-state index >= 15 is 0 Å². The van der Waals surface area contributed by atoms with Crippen molar-refractivity contribution >= 4 is 29.1 Å². The minimum Gasteiger partial charge on any atom is -0.455 e. The first-order valence-corrected chi connectivity index (χ1v) is 10.5. The number of ether oxygens (including phenoxy) is 1. The van der Waals surface area contributed by atoms with Gasteiger partial charge in [0, 0.05) is 28.7 Å². The molecule has 0 saturated heterocycles. The van der Waals surface area contributed by atoms with E-state index in [-0.39, 0.29) is 11.5 Å². The van der Waals surface area contributed by atoms with E-state index in [4.69, 9.17) is 4.74 Å². The van der Waals surface area contributed by atoms with Crippen molar-refractivity contribution in [3.63, 3.8) is 0 Å². The molecular formula is C21H22N2O6S. The fraction of sp³-hybridized carbons (Fsp3) is 0.381. The van der Waals surface area contributed by atoms with Crippen LogP contribution in [0.4, 0.5) is 11.4 Å². The van der Waals surface area contributed by atoms with Crippen LogP contribution in [0, 0.1) is 32.1 Å². The molecule has 3 rings (SSSR count). The van der Waals surface area contributed by atoms with Gasteiger partial charge in [0.25, 0.3) is 11.4 Å². The molecule has 1 saturated carbocycles. The number of nitrogens with zero attached hydrogens (tertiary/aromatic N) is 2. The molecule has 158 valence electrons. The molecular weight excluding hydrogens is 408 g/mol. The van der Waals surface area contributed by atoms with E-state index in [1.807, 2.05) is 37.3 Å². The number of benzene rings is 2. The number of hydrogen-bond acceptors (Lipinski definition) is 7. The standard InChI is InChI=1S/C21H22N2O6S/c1-14-8-9-21(2,19(14)13-30-18-6-4-3-5-7-18)29-20(24)15-10-16(22(25)26)12-17(11-15)23(27)28/h3-7,10-12,14,19H,8-9,13H2,1-2H3/t14-,19-,21-/m1/s1. The number of nitro benzene ring substituents is 2. The average Bonchev–Trinajstić information content (AvgIpc) is 3.00. The van der Waals surface area contributed by atoms with Gasteiger partial charge in [-0.05, 0) is 37.8 Å². The van der Waals surface area contributed by atoms with Crippen LogP contribution < -0.4 is 0 Å². The third kappa shape index (κ3) is 4.79. The number of hydrogen-bond donors (Lipinski definition) is 0. The van der Waals surface area contributed by atoms with E-state index < -0.39 is 32.8 Å². The van der Waals surface area contributed by atoms with Gasteiger partial charge in [-0.1, -0.05) is 25.1 Å². The predicted molar refractivity (Wildman–Crippen MR) is 113 cm³/mol. The van der Waals surface area contributed by atoms with Crippen LogP contribution in [0.5, 0.6) is 0 Å². The summed E-state index contributed by atoms with van der Waals surface area (Å²) in [6.45, 7) is 3.99. The Balaban J connectivity index is 1.80. The summed E-state index contributed by atoms with van der Waals surface area (Å²) in [4.78, 5) is 34.6. The summed E-state index contributed by atoms with van der Waals surface area (Å²) in [5.41, 5.74) is -1.97. The summed E-state index contributed by atoms with van der Waals surface area (Å²) in [5.74, 6) is 0.385. The minimum atomic E-state index is -0.784. The molecule has 2 aromatic rings. The lowest BCUT2D eigenvalue weighted by molar-refractivity contribution is -0.394. The van der Waals surface area contributed by atoms with Gasteiger partial charge in [0.1, 0.15) is 5.60 Å². The molecule has 30 heavy (non-hydrogen) atoms. The predicted octanol–water partition coefficient (Wildman–Crippen LogP) is 5.26. The summed E-state index contributed by atoms with van der Waals surface area (Å²) < 4.78 is 5.83. The van der Waals surface area contributed by atoms with Crippen LogP contribution in [0.2, 0.25) is 0 Å². The zero-order chi connectivity index (χ0) is 21.9. The van der Waals surface area contributed by atoms with Gasteiger partial charge < -0.3 is 4.74 Å².